The van der Waals surface area contributed by atoms with Crippen LogP contribution >= 0.6 is 0 Å². The molecule has 0 spiro atoms. The lowest BCUT2D eigenvalue weighted by atomic mass is 10.0. The predicted molar refractivity (Wildman–Crippen MR) is 119 cm³/mol. The maximum atomic E-state index is 12.6. The van der Waals surface area contributed by atoms with Crippen LogP contribution in [0.4, 0.5) is 5.69 Å². The predicted octanol–water partition coefficient (Wildman–Crippen LogP) is 3.73. The average molecular weight is 459 g/mol. The molecule has 0 saturated carbocycles. The number of rotatable bonds is 7. The monoisotopic (exact) mass is 458 g/mol. The summed E-state index contributed by atoms with van der Waals surface area (Å²) in [5.41, 5.74) is 1.42. The number of hydrogen-bond acceptors (Lipinski definition) is 5. The third-order valence-corrected chi connectivity index (χ3v) is 7.28. The van der Waals surface area contributed by atoms with Gasteiger partial charge in [0.2, 0.25) is 0 Å². The normalized spacial score (nSPS) is 11.8. The first-order valence-electron chi connectivity index (χ1n) is 9.43. The molecule has 0 fully saturated rings. The first-order chi connectivity index (χ1) is 14.6. The largest absolute Gasteiger partial charge is 0.280 e. The highest BCUT2D eigenvalue weighted by Crippen LogP contribution is 2.21. The molecule has 0 bridgehead atoms. The van der Waals surface area contributed by atoms with Gasteiger partial charge in [-0.3, -0.25) is 9.52 Å². The Labute approximate surface area is 182 Å². The highest BCUT2D eigenvalue weighted by atomic mass is 32.2. The molecule has 3 aromatic carbocycles. The fourth-order valence-corrected chi connectivity index (χ4v) is 4.81. The highest BCUT2D eigenvalue weighted by Gasteiger charge is 2.19. The van der Waals surface area contributed by atoms with Gasteiger partial charge >= 0.3 is 0 Å². The van der Waals surface area contributed by atoms with Gasteiger partial charge in [0.05, 0.1) is 9.79 Å². The van der Waals surface area contributed by atoms with E-state index in [0.717, 1.165) is 5.56 Å². The van der Waals surface area contributed by atoms with Crippen LogP contribution in [-0.2, 0) is 20.0 Å². The SMILES string of the molecule is CC(C)c1ccc(S(=O)(=O)Nc2ccc(S(=O)(=O)NC(=O)c3ccccc3)cc2)cc1. The molecule has 0 aromatic heterocycles. The van der Waals surface area contributed by atoms with Crippen LogP contribution in [0.1, 0.15) is 35.7 Å². The van der Waals surface area contributed by atoms with Crippen molar-refractivity contribution in [3.8, 4) is 0 Å². The second kappa shape index (κ2) is 8.91. The van der Waals surface area contributed by atoms with Crippen molar-refractivity contribution in [3.63, 3.8) is 0 Å². The van der Waals surface area contributed by atoms with Gasteiger partial charge in [0.1, 0.15) is 0 Å². The van der Waals surface area contributed by atoms with Crippen LogP contribution in [0.2, 0.25) is 0 Å². The number of anilines is 1. The molecule has 7 nitrogen and oxygen atoms in total. The number of carbonyl (C=O) groups excluding carboxylic acids is 1. The summed E-state index contributed by atoms with van der Waals surface area (Å²) in [5, 5.41) is 0. The van der Waals surface area contributed by atoms with Gasteiger partial charge in [-0.25, -0.2) is 21.6 Å². The molecule has 162 valence electrons. The van der Waals surface area contributed by atoms with Crippen LogP contribution in [0.15, 0.2) is 88.7 Å². The summed E-state index contributed by atoms with van der Waals surface area (Å²) in [7, 11) is -7.94. The van der Waals surface area contributed by atoms with Gasteiger partial charge in [-0.2, -0.15) is 0 Å². The van der Waals surface area contributed by atoms with Crippen LogP contribution in [-0.4, -0.2) is 22.7 Å². The van der Waals surface area contributed by atoms with Gasteiger partial charge in [0, 0.05) is 11.3 Å². The second-order valence-corrected chi connectivity index (χ2v) is 10.5. The summed E-state index contributed by atoms with van der Waals surface area (Å²) in [6.07, 6.45) is 0. The van der Waals surface area contributed by atoms with Crippen molar-refractivity contribution in [2.75, 3.05) is 4.72 Å². The van der Waals surface area contributed by atoms with Gasteiger partial charge in [-0.05, 0) is 60.0 Å². The summed E-state index contributed by atoms with van der Waals surface area (Å²) in [6, 6.07) is 19.6. The van der Waals surface area contributed by atoms with Crippen molar-refractivity contribution in [2.24, 2.45) is 0 Å². The lowest BCUT2D eigenvalue weighted by Gasteiger charge is -2.11. The van der Waals surface area contributed by atoms with E-state index in [9.17, 15) is 21.6 Å². The van der Waals surface area contributed by atoms with Gasteiger partial charge in [-0.1, -0.05) is 44.2 Å². The molecule has 0 aliphatic carbocycles. The average Bonchev–Trinajstić information content (AvgIpc) is 2.74. The summed E-state index contributed by atoms with van der Waals surface area (Å²) >= 11 is 0. The number of sulfonamides is 2. The Hall–Kier alpha value is -3.17. The minimum atomic E-state index is -4.11. The van der Waals surface area contributed by atoms with Gasteiger partial charge in [0.15, 0.2) is 0 Å². The molecule has 0 aliphatic heterocycles. The Morgan fingerprint density at radius 1 is 0.710 bits per heavy atom. The molecule has 3 rings (SSSR count). The zero-order valence-corrected chi connectivity index (χ0v) is 18.6. The van der Waals surface area contributed by atoms with E-state index in [4.69, 9.17) is 0 Å². The summed E-state index contributed by atoms with van der Waals surface area (Å²) in [4.78, 5) is 12.1. The molecule has 0 unspecified atom stereocenters. The maximum Gasteiger partial charge on any atom is 0.264 e. The Bertz CT molecular complexity index is 1270. The van der Waals surface area contributed by atoms with Crippen molar-refractivity contribution < 1.29 is 21.6 Å². The van der Waals surface area contributed by atoms with Gasteiger partial charge < -0.3 is 0 Å². The number of benzene rings is 3. The number of carbonyl (C=O) groups is 1. The van der Waals surface area contributed by atoms with E-state index < -0.39 is 26.0 Å². The molecule has 9 heteroatoms. The zero-order valence-electron chi connectivity index (χ0n) is 16.9. The third-order valence-electron chi connectivity index (χ3n) is 4.54. The van der Waals surface area contributed by atoms with Crippen molar-refractivity contribution in [3.05, 3.63) is 90.0 Å². The lowest BCUT2D eigenvalue weighted by molar-refractivity contribution is 0.0981. The highest BCUT2D eigenvalue weighted by molar-refractivity contribution is 7.92. The molecule has 3 aromatic rings. The van der Waals surface area contributed by atoms with Crippen LogP contribution in [0.5, 0.6) is 0 Å². The van der Waals surface area contributed by atoms with E-state index in [0.29, 0.717) is 0 Å². The van der Waals surface area contributed by atoms with Gasteiger partial charge in [0.25, 0.3) is 26.0 Å². The number of nitrogens with one attached hydrogen (secondary N) is 2. The van der Waals surface area contributed by atoms with E-state index in [2.05, 4.69) is 4.72 Å². The quantitative estimate of drug-likeness (QED) is 0.561. The van der Waals surface area contributed by atoms with Crippen LogP contribution in [0, 0.1) is 0 Å². The Morgan fingerprint density at radius 3 is 1.77 bits per heavy atom. The Kier molecular flexibility index (Phi) is 6.47. The van der Waals surface area contributed by atoms with E-state index in [-0.39, 0.29) is 27.0 Å². The van der Waals surface area contributed by atoms with E-state index in [1.165, 1.54) is 48.5 Å². The molecule has 2 N–H and O–H groups in total. The Balaban J connectivity index is 1.74. The van der Waals surface area contributed by atoms with Crippen molar-refractivity contribution in [1.82, 2.24) is 4.72 Å². The molecule has 0 atom stereocenters. The standard InChI is InChI=1S/C22H22N2O5S2/c1-16(2)17-8-12-20(13-9-17)30(26,27)23-19-10-14-21(15-11-19)31(28,29)24-22(25)18-6-4-3-5-7-18/h3-16,23H,1-2H3,(H,24,25). The topological polar surface area (TPSA) is 109 Å². The summed E-state index contributed by atoms with van der Waals surface area (Å²) in [6.45, 7) is 4.03. The van der Waals surface area contributed by atoms with Crippen LogP contribution in [0.3, 0.4) is 0 Å². The first kappa shape index (κ1) is 22.5. The zero-order chi connectivity index (χ0) is 22.6. The molecule has 0 radical (unpaired) electrons. The molecule has 1 amide bonds. The minimum absolute atomic E-state index is 0.101. The molecule has 0 aliphatic rings. The second-order valence-electron chi connectivity index (χ2n) is 7.15. The molecular formula is C22H22N2O5S2. The molecular weight excluding hydrogens is 436 g/mol. The van der Waals surface area contributed by atoms with Gasteiger partial charge in [-0.15, -0.1) is 0 Å². The number of amides is 1. The van der Waals surface area contributed by atoms with Crippen LogP contribution < -0.4 is 9.44 Å². The van der Waals surface area contributed by atoms with Crippen molar-refractivity contribution in [1.29, 1.82) is 0 Å². The van der Waals surface area contributed by atoms with E-state index >= 15 is 0 Å². The fourth-order valence-electron chi connectivity index (χ4n) is 2.78. The summed E-state index contributed by atoms with van der Waals surface area (Å²) in [5.74, 6) is -0.475. The number of hydrogen-bond donors (Lipinski definition) is 2. The molecule has 0 heterocycles. The van der Waals surface area contributed by atoms with E-state index in [1.54, 1.807) is 30.3 Å². The third kappa shape index (κ3) is 5.50. The Morgan fingerprint density at radius 2 is 1.23 bits per heavy atom. The van der Waals surface area contributed by atoms with E-state index in [1.807, 2.05) is 18.6 Å². The molecule has 0 saturated heterocycles. The fraction of sp³-hybridized carbons (Fsp3) is 0.136. The van der Waals surface area contributed by atoms with Crippen molar-refractivity contribution >= 4 is 31.6 Å². The molecule has 31 heavy (non-hydrogen) atoms. The lowest BCUT2D eigenvalue weighted by Crippen LogP contribution is -2.30. The first-order valence-corrected chi connectivity index (χ1v) is 12.4. The van der Waals surface area contributed by atoms with Crippen molar-refractivity contribution in [2.45, 2.75) is 29.6 Å². The smallest absolute Gasteiger partial charge is 0.264 e. The maximum absolute atomic E-state index is 12.6. The summed E-state index contributed by atoms with van der Waals surface area (Å²) < 4.78 is 54.5. The van der Waals surface area contributed by atoms with Crippen LogP contribution in [0.25, 0.3) is 0 Å². The minimum Gasteiger partial charge on any atom is -0.280 e.